The smallest absolute Gasteiger partial charge is 0.272 e. The number of hydrogen-bond donors (Lipinski definition) is 0. The molecule has 0 saturated heterocycles. The first-order valence-corrected chi connectivity index (χ1v) is 13.6. The summed E-state index contributed by atoms with van der Waals surface area (Å²) in [6.07, 6.45) is -0.169. The molecule has 1 aliphatic carbocycles. The Bertz CT molecular complexity index is 1080. The Hall–Kier alpha value is -2.77. The summed E-state index contributed by atoms with van der Waals surface area (Å²) in [5.74, 6) is 0.658. The lowest BCUT2D eigenvalue weighted by molar-refractivity contribution is -0.385. The molecule has 0 aliphatic heterocycles. The van der Waals surface area contributed by atoms with Crippen molar-refractivity contribution in [3.63, 3.8) is 0 Å². The van der Waals surface area contributed by atoms with Gasteiger partial charge in [-0.25, -0.2) is 0 Å². The summed E-state index contributed by atoms with van der Waals surface area (Å²) >= 11 is 0. The maximum Gasteiger partial charge on any atom is 0.272 e. The van der Waals surface area contributed by atoms with Gasteiger partial charge in [-0.05, 0) is 53.9 Å². The van der Waals surface area contributed by atoms with Crippen molar-refractivity contribution in [2.75, 3.05) is 7.11 Å². The molecule has 1 aliphatic rings. The van der Waals surface area contributed by atoms with Gasteiger partial charge in [0.1, 0.15) is 5.75 Å². The third-order valence-corrected chi connectivity index (χ3v) is 11.1. The van der Waals surface area contributed by atoms with Crippen LogP contribution in [0.4, 0.5) is 5.69 Å². The predicted molar refractivity (Wildman–Crippen MR) is 129 cm³/mol. The van der Waals surface area contributed by atoms with E-state index >= 15 is 0 Å². The molecular weight excluding hydrogens is 422 g/mol. The fourth-order valence-corrected chi connectivity index (χ4v) is 4.96. The lowest BCUT2D eigenvalue weighted by Gasteiger charge is -2.39. The number of ether oxygens (including phenoxy) is 1. The maximum atomic E-state index is 13.3. The molecule has 0 heterocycles. The van der Waals surface area contributed by atoms with Crippen molar-refractivity contribution >= 4 is 30.9 Å². The standard InChI is InChI=1S/C25H31NO5Si/c1-16-8-9-18(14-20(16)26(28)29)23-21(27)15-22(31-32(6,7)25(2,3)4)24(23)17-10-12-19(30-5)13-11-17/h8-14,22H,15H2,1-7H3. The summed E-state index contributed by atoms with van der Waals surface area (Å²) in [6.45, 7) is 12.5. The lowest BCUT2D eigenvalue weighted by Crippen LogP contribution is -2.43. The van der Waals surface area contributed by atoms with E-state index in [1.807, 2.05) is 24.3 Å². The highest BCUT2D eigenvalue weighted by atomic mass is 28.4. The number of aryl methyl sites for hydroxylation is 1. The molecule has 2 aromatic carbocycles. The van der Waals surface area contributed by atoms with E-state index in [1.54, 1.807) is 26.2 Å². The molecule has 32 heavy (non-hydrogen) atoms. The number of benzene rings is 2. The molecule has 6 nitrogen and oxygen atoms in total. The van der Waals surface area contributed by atoms with Crippen LogP contribution in [0.1, 0.15) is 43.9 Å². The number of carbonyl (C=O) groups is 1. The van der Waals surface area contributed by atoms with Crippen LogP contribution < -0.4 is 4.74 Å². The fourth-order valence-electron chi connectivity index (χ4n) is 3.70. The monoisotopic (exact) mass is 453 g/mol. The minimum atomic E-state index is -2.18. The summed E-state index contributed by atoms with van der Waals surface area (Å²) in [6, 6.07) is 12.5. The zero-order valence-corrected chi connectivity index (χ0v) is 20.8. The topological polar surface area (TPSA) is 78.7 Å². The van der Waals surface area contributed by atoms with Gasteiger partial charge in [0, 0.05) is 23.6 Å². The molecule has 1 atom stereocenters. The van der Waals surface area contributed by atoms with E-state index in [2.05, 4.69) is 33.9 Å². The van der Waals surface area contributed by atoms with E-state index in [1.165, 1.54) is 6.07 Å². The zero-order valence-electron chi connectivity index (χ0n) is 19.8. The average molecular weight is 454 g/mol. The largest absolute Gasteiger partial charge is 0.497 e. The summed E-state index contributed by atoms with van der Waals surface area (Å²) in [5, 5.41) is 11.5. The minimum Gasteiger partial charge on any atom is -0.497 e. The van der Waals surface area contributed by atoms with Crippen molar-refractivity contribution in [2.24, 2.45) is 0 Å². The third-order valence-electron chi connectivity index (χ3n) is 6.58. The molecular formula is C25H31NO5Si. The maximum absolute atomic E-state index is 13.3. The number of nitro groups is 1. The number of ketones is 1. The molecule has 170 valence electrons. The van der Waals surface area contributed by atoms with Crippen LogP contribution in [0.2, 0.25) is 18.1 Å². The highest BCUT2D eigenvalue weighted by Crippen LogP contribution is 2.45. The first kappa shape index (κ1) is 23.9. The summed E-state index contributed by atoms with van der Waals surface area (Å²) in [7, 11) is -0.575. The molecule has 0 spiro atoms. The van der Waals surface area contributed by atoms with E-state index < -0.39 is 19.3 Å². The van der Waals surface area contributed by atoms with Crippen LogP contribution in [-0.2, 0) is 9.22 Å². The predicted octanol–water partition coefficient (Wildman–Crippen LogP) is 6.19. The lowest BCUT2D eigenvalue weighted by atomic mass is 9.95. The zero-order chi connectivity index (χ0) is 23.8. The van der Waals surface area contributed by atoms with Crippen LogP contribution >= 0.6 is 0 Å². The molecule has 0 aromatic heterocycles. The van der Waals surface area contributed by atoms with Gasteiger partial charge in [0.15, 0.2) is 14.1 Å². The Balaban J connectivity index is 2.21. The van der Waals surface area contributed by atoms with Gasteiger partial charge in [0.2, 0.25) is 0 Å². The van der Waals surface area contributed by atoms with Crippen LogP contribution in [0.5, 0.6) is 5.75 Å². The second kappa shape index (κ2) is 8.63. The first-order chi connectivity index (χ1) is 14.9. The van der Waals surface area contributed by atoms with Crippen molar-refractivity contribution in [1.82, 2.24) is 0 Å². The number of nitro benzene ring substituents is 1. The molecule has 7 heteroatoms. The molecule has 1 unspecified atom stereocenters. The minimum absolute atomic E-state index is 0.00523. The van der Waals surface area contributed by atoms with Gasteiger partial charge >= 0.3 is 0 Å². The Morgan fingerprint density at radius 2 is 1.66 bits per heavy atom. The number of nitrogens with zero attached hydrogens (tertiary/aromatic N) is 1. The van der Waals surface area contributed by atoms with Crippen molar-refractivity contribution in [3.05, 3.63) is 69.3 Å². The van der Waals surface area contributed by atoms with E-state index in [-0.39, 0.29) is 22.9 Å². The van der Waals surface area contributed by atoms with Gasteiger partial charge < -0.3 is 9.16 Å². The highest BCUT2D eigenvalue weighted by Gasteiger charge is 2.43. The molecule has 0 saturated carbocycles. The highest BCUT2D eigenvalue weighted by molar-refractivity contribution is 6.74. The number of allylic oxidation sites excluding steroid dienone is 1. The van der Waals surface area contributed by atoms with Crippen molar-refractivity contribution < 1.29 is 18.9 Å². The number of methoxy groups -OCH3 is 1. The normalized spacial score (nSPS) is 17.1. The van der Waals surface area contributed by atoms with E-state index in [4.69, 9.17) is 9.16 Å². The fraction of sp³-hybridized carbons (Fsp3) is 0.400. The second-order valence-electron chi connectivity index (χ2n) is 9.77. The molecule has 0 amide bonds. The SMILES string of the molecule is COc1ccc(C2=C(c3ccc(C)c([N+](=O)[O-])c3)C(=O)CC2O[Si](C)(C)C(C)(C)C)cc1. The molecule has 0 bridgehead atoms. The van der Waals surface area contributed by atoms with Crippen molar-refractivity contribution in [3.8, 4) is 5.75 Å². The van der Waals surface area contributed by atoms with Crippen LogP contribution in [-0.4, -0.2) is 32.2 Å². The van der Waals surface area contributed by atoms with Gasteiger partial charge in [-0.15, -0.1) is 0 Å². The van der Waals surface area contributed by atoms with Crippen molar-refractivity contribution in [1.29, 1.82) is 0 Å². The molecule has 0 fully saturated rings. The third kappa shape index (κ3) is 4.54. The number of hydrogen-bond acceptors (Lipinski definition) is 5. The Kier molecular flexibility index (Phi) is 6.44. The number of Topliss-reactive ketones (excluding diaryl/α,β-unsaturated/α-hetero) is 1. The summed E-state index contributed by atoms with van der Waals surface area (Å²) in [4.78, 5) is 24.4. The Morgan fingerprint density at radius 1 is 1.06 bits per heavy atom. The Morgan fingerprint density at radius 3 is 2.19 bits per heavy atom. The van der Waals surface area contributed by atoms with Gasteiger partial charge in [-0.3, -0.25) is 14.9 Å². The van der Waals surface area contributed by atoms with Crippen molar-refractivity contribution in [2.45, 2.75) is 58.4 Å². The quantitative estimate of drug-likeness (QED) is 0.296. The van der Waals surface area contributed by atoms with Crippen LogP contribution in [0.15, 0.2) is 42.5 Å². The van der Waals surface area contributed by atoms with Crippen LogP contribution in [0, 0.1) is 17.0 Å². The Labute approximate surface area is 190 Å². The second-order valence-corrected chi connectivity index (χ2v) is 14.5. The first-order valence-electron chi connectivity index (χ1n) is 10.7. The van der Waals surface area contributed by atoms with E-state index in [0.29, 0.717) is 22.4 Å². The molecule has 0 N–H and O–H groups in total. The molecule has 0 radical (unpaired) electrons. The van der Waals surface area contributed by atoms with Crippen LogP contribution in [0.3, 0.4) is 0 Å². The van der Waals surface area contributed by atoms with Gasteiger partial charge in [-0.1, -0.05) is 45.0 Å². The van der Waals surface area contributed by atoms with Crippen LogP contribution in [0.25, 0.3) is 11.1 Å². The summed E-state index contributed by atoms with van der Waals surface area (Å²) in [5.41, 5.74) is 3.27. The molecule has 2 aromatic rings. The molecule has 3 rings (SSSR count). The van der Waals surface area contributed by atoms with Gasteiger partial charge in [-0.2, -0.15) is 0 Å². The van der Waals surface area contributed by atoms with Gasteiger partial charge in [0.25, 0.3) is 5.69 Å². The number of rotatable bonds is 6. The van der Waals surface area contributed by atoms with Gasteiger partial charge in [0.05, 0.1) is 18.1 Å². The van der Waals surface area contributed by atoms with E-state index in [0.717, 1.165) is 11.1 Å². The summed E-state index contributed by atoms with van der Waals surface area (Å²) < 4.78 is 12.0. The van der Waals surface area contributed by atoms with E-state index in [9.17, 15) is 14.9 Å². The average Bonchev–Trinajstić information content (AvgIpc) is 3.02. The number of carbonyl (C=O) groups excluding carboxylic acids is 1.